The number of para-hydroxylation sites is 4. The van der Waals surface area contributed by atoms with Crippen LogP contribution in [0.25, 0.3) is 10.8 Å². The Labute approximate surface area is 279 Å². The molecule has 0 aliphatic rings. The molecule has 16 heteroatoms. The van der Waals surface area contributed by atoms with Crippen molar-refractivity contribution in [2.24, 2.45) is 0 Å². The largest absolute Gasteiger partial charge is 0.449 e. The molecule has 0 aliphatic heterocycles. The lowest BCUT2D eigenvalue weighted by Gasteiger charge is -2.18. The maximum atomic E-state index is 13.0. The summed E-state index contributed by atoms with van der Waals surface area (Å²) in [4.78, 5) is 47.6. The minimum Gasteiger partial charge on any atom is -0.449 e. The van der Waals surface area contributed by atoms with Gasteiger partial charge in [0.15, 0.2) is 5.39 Å². The third-order valence-electron chi connectivity index (χ3n) is 7.05. The summed E-state index contributed by atoms with van der Waals surface area (Å²) in [6.45, 7) is 0. The van der Waals surface area contributed by atoms with Gasteiger partial charge in [0, 0.05) is 0 Å². The Bertz CT molecular complexity index is 2110. The molecule has 0 saturated carbocycles. The minimum absolute atomic E-state index is 0.0722. The number of rotatable bonds is 12. The molecule has 0 fully saturated rings. The molecule has 16 nitrogen and oxygen atoms in total. The molecular formula is C34H20N4O12. The van der Waals surface area contributed by atoms with Crippen LogP contribution in [0.15, 0.2) is 121 Å². The minimum atomic E-state index is -1.28. The van der Waals surface area contributed by atoms with E-state index in [2.05, 4.69) is 0 Å². The number of benzene rings is 6. The fourth-order valence-electron chi connectivity index (χ4n) is 5.07. The molecule has 0 atom stereocenters. The summed E-state index contributed by atoms with van der Waals surface area (Å²) in [5.74, 6) is -4.25. The fraction of sp³-hybridized carbons (Fsp3) is 0. The number of fused-ring (bicyclic) bond motifs is 1. The van der Waals surface area contributed by atoms with Crippen LogP contribution < -0.4 is 18.9 Å². The van der Waals surface area contributed by atoms with Gasteiger partial charge < -0.3 is 18.9 Å². The van der Waals surface area contributed by atoms with Crippen LogP contribution in [0.5, 0.6) is 46.0 Å². The van der Waals surface area contributed by atoms with Crippen molar-refractivity contribution < 1.29 is 38.6 Å². The Balaban J connectivity index is 1.91. The first-order valence-corrected chi connectivity index (χ1v) is 14.4. The van der Waals surface area contributed by atoms with E-state index >= 15 is 0 Å². The maximum absolute atomic E-state index is 13.0. The second kappa shape index (κ2) is 13.6. The number of hydrogen-bond acceptors (Lipinski definition) is 12. The Morgan fingerprint density at radius 3 is 0.800 bits per heavy atom. The number of ether oxygens (including phenoxy) is 4. The average Bonchev–Trinajstić information content (AvgIpc) is 3.09. The highest BCUT2D eigenvalue weighted by Gasteiger charge is 2.48. The van der Waals surface area contributed by atoms with Crippen LogP contribution in [-0.4, -0.2) is 19.7 Å². The third-order valence-corrected chi connectivity index (χ3v) is 7.05. The van der Waals surface area contributed by atoms with Crippen LogP contribution in [0.1, 0.15) is 0 Å². The monoisotopic (exact) mass is 676 g/mol. The molecule has 6 aromatic rings. The second-order valence-corrected chi connectivity index (χ2v) is 10.1. The molecule has 6 aromatic carbocycles. The zero-order chi connectivity index (χ0) is 35.4. The molecule has 0 unspecified atom stereocenters. The molecule has 0 heterocycles. The van der Waals surface area contributed by atoms with Crippen molar-refractivity contribution in [3.63, 3.8) is 0 Å². The lowest BCUT2D eigenvalue weighted by atomic mass is 9.99. The van der Waals surface area contributed by atoms with Crippen molar-refractivity contribution in [1.29, 1.82) is 0 Å². The van der Waals surface area contributed by atoms with E-state index in [-0.39, 0.29) is 23.0 Å². The first-order valence-electron chi connectivity index (χ1n) is 14.4. The summed E-state index contributed by atoms with van der Waals surface area (Å²) < 4.78 is 23.5. The van der Waals surface area contributed by atoms with Gasteiger partial charge >= 0.3 is 22.7 Å². The van der Waals surface area contributed by atoms with Gasteiger partial charge in [0.2, 0.25) is 11.5 Å². The number of nitro groups is 4. The van der Waals surface area contributed by atoms with Gasteiger partial charge in [-0.05, 0) is 48.5 Å². The molecule has 0 amide bonds. The van der Waals surface area contributed by atoms with Gasteiger partial charge in [-0.1, -0.05) is 72.8 Å². The Kier molecular flexibility index (Phi) is 8.81. The van der Waals surface area contributed by atoms with Crippen LogP contribution in [-0.2, 0) is 0 Å². The number of hydrogen-bond donors (Lipinski definition) is 0. The molecule has 6 rings (SSSR count). The summed E-state index contributed by atoms with van der Waals surface area (Å²) in [5, 5.41) is 50.1. The number of nitrogens with zero attached hydrogens (tertiary/aromatic N) is 4. The lowest BCUT2D eigenvalue weighted by Crippen LogP contribution is -2.08. The summed E-state index contributed by atoms with van der Waals surface area (Å²) in [7, 11) is 0. The van der Waals surface area contributed by atoms with Crippen molar-refractivity contribution >= 4 is 33.5 Å². The predicted octanol–water partition coefficient (Wildman–Crippen LogP) is 9.64. The molecule has 248 valence electrons. The Hall–Kier alpha value is -7.62. The molecule has 0 N–H and O–H groups in total. The van der Waals surface area contributed by atoms with E-state index in [1.165, 1.54) is 97.1 Å². The highest BCUT2D eigenvalue weighted by molar-refractivity contribution is 6.14. The van der Waals surface area contributed by atoms with Crippen LogP contribution in [0, 0.1) is 40.5 Å². The van der Waals surface area contributed by atoms with Crippen molar-refractivity contribution in [2.45, 2.75) is 0 Å². The predicted molar refractivity (Wildman–Crippen MR) is 177 cm³/mol. The Morgan fingerprint density at radius 1 is 0.320 bits per heavy atom. The Morgan fingerprint density at radius 2 is 0.560 bits per heavy atom. The number of nitro benzene ring substituents is 4. The zero-order valence-electron chi connectivity index (χ0n) is 25.2. The first-order chi connectivity index (χ1) is 24.2. The molecule has 0 saturated heterocycles. The van der Waals surface area contributed by atoms with E-state index in [0.717, 1.165) is 0 Å². The van der Waals surface area contributed by atoms with Gasteiger partial charge in [0.1, 0.15) is 23.0 Å². The normalized spacial score (nSPS) is 10.6. The summed E-state index contributed by atoms with van der Waals surface area (Å²) >= 11 is 0. The third kappa shape index (κ3) is 6.21. The van der Waals surface area contributed by atoms with E-state index < -0.39 is 76.2 Å². The van der Waals surface area contributed by atoms with Crippen molar-refractivity contribution in [3.8, 4) is 46.0 Å². The fourth-order valence-corrected chi connectivity index (χ4v) is 5.07. The molecule has 0 aliphatic carbocycles. The molecule has 50 heavy (non-hydrogen) atoms. The summed E-state index contributed by atoms with van der Waals surface area (Å²) in [6, 6.07) is 29.2. The van der Waals surface area contributed by atoms with Crippen LogP contribution in [0.4, 0.5) is 22.7 Å². The molecule has 0 spiro atoms. The summed E-state index contributed by atoms with van der Waals surface area (Å²) in [6.07, 6.45) is 0. The van der Waals surface area contributed by atoms with Gasteiger partial charge in [0.25, 0.3) is 11.5 Å². The highest BCUT2D eigenvalue weighted by Crippen LogP contribution is 2.62. The second-order valence-electron chi connectivity index (χ2n) is 10.1. The standard InChI is InChI=1S/C34H20N4O12/c39-35(40)27-25-26(31(47-21-13-5-1-6-14-21)29(37(43)44)33(27)49-23-17-9-3-10-18-23)32(48-22-15-7-2-8-16-22)30(38(45)46)34(28(25)36(41)42)50-24-19-11-4-12-20-24/h1-20H. The van der Waals surface area contributed by atoms with E-state index in [1.54, 1.807) is 24.3 Å². The maximum Gasteiger partial charge on any atom is 0.361 e. The van der Waals surface area contributed by atoms with Gasteiger partial charge in [-0.15, -0.1) is 0 Å². The first kappa shape index (κ1) is 32.3. The highest BCUT2D eigenvalue weighted by atomic mass is 16.7. The van der Waals surface area contributed by atoms with Crippen LogP contribution in [0.2, 0.25) is 0 Å². The van der Waals surface area contributed by atoms with Crippen molar-refractivity contribution in [3.05, 3.63) is 162 Å². The van der Waals surface area contributed by atoms with Gasteiger partial charge in [0.05, 0.1) is 25.1 Å². The smallest absolute Gasteiger partial charge is 0.361 e. The zero-order valence-corrected chi connectivity index (χ0v) is 25.2. The van der Waals surface area contributed by atoms with Gasteiger partial charge in [-0.3, -0.25) is 40.5 Å². The molecule has 0 aromatic heterocycles. The van der Waals surface area contributed by atoms with E-state index in [1.807, 2.05) is 0 Å². The van der Waals surface area contributed by atoms with Crippen LogP contribution in [0.3, 0.4) is 0 Å². The van der Waals surface area contributed by atoms with Gasteiger partial charge in [-0.25, -0.2) is 0 Å². The SMILES string of the molecule is O=[N+]([O-])c1c(Oc2ccccc2)c([N+](=O)[O-])c2c([N+](=O)[O-])c(Oc3ccccc3)c([N+](=O)[O-])c(Oc3ccccc3)c2c1Oc1ccccc1. The van der Waals surface area contributed by atoms with E-state index in [4.69, 9.17) is 18.9 Å². The summed E-state index contributed by atoms with van der Waals surface area (Å²) in [5.41, 5.74) is -4.91. The van der Waals surface area contributed by atoms with Gasteiger partial charge in [-0.2, -0.15) is 0 Å². The van der Waals surface area contributed by atoms with Crippen molar-refractivity contribution in [2.75, 3.05) is 0 Å². The van der Waals surface area contributed by atoms with E-state index in [0.29, 0.717) is 0 Å². The molecule has 0 radical (unpaired) electrons. The van der Waals surface area contributed by atoms with Crippen LogP contribution >= 0.6 is 0 Å². The topological polar surface area (TPSA) is 209 Å². The lowest BCUT2D eigenvalue weighted by molar-refractivity contribution is -0.399. The van der Waals surface area contributed by atoms with E-state index in [9.17, 15) is 40.5 Å². The van der Waals surface area contributed by atoms with Crippen molar-refractivity contribution in [1.82, 2.24) is 0 Å². The molecular weight excluding hydrogens is 656 g/mol. The average molecular weight is 677 g/mol. The molecule has 0 bridgehead atoms. The quantitative estimate of drug-likeness (QED) is 0.0875.